The van der Waals surface area contributed by atoms with E-state index < -0.39 is 16.0 Å². The summed E-state index contributed by atoms with van der Waals surface area (Å²) >= 11 is 0. The minimum atomic E-state index is -3.25. The molecule has 0 unspecified atom stereocenters. The first-order chi connectivity index (χ1) is 6.40. The lowest BCUT2D eigenvalue weighted by Gasteiger charge is -2.15. The first-order valence-electron chi connectivity index (χ1n) is 4.56. The molecule has 0 heterocycles. The Bertz CT molecular complexity index is 273. The molecule has 0 bridgehead atoms. The van der Waals surface area contributed by atoms with Crippen molar-refractivity contribution in [3.05, 3.63) is 0 Å². The van der Waals surface area contributed by atoms with Gasteiger partial charge in [-0.2, -0.15) is 0 Å². The summed E-state index contributed by atoms with van der Waals surface area (Å²) in [6, 6.07) is 0. The monoisotopic (exact) mass is 223 g/mol. The van der Waals surface area contributed by atoms with Crippen molar-refractivity contribution < 1.29 is 18.3 Å². The van der Waals surface area contributed by atoms with E-state index in [1.54, 1.807) is 0 Å². The van der Waals surface area contributed by atoms with Gasteiger partial charge in [0, 0.05) is 20.0 Å². The molecule has 5 nitrogen and oxygen atoms in total. The van der Waals surface area contributed by atoms with Gasteiger partial charge in [-0.1, -0.05) is 6.92 Å². The quantitative estimate of drug-likeness (QED) is 0.683. The molecular formula is C8H17NO4S. The van der Waals surface area contributed by atoms with Gasteiger partial charge in [0.25, 0.3) is 0 Å². The number of carboxylic acid groups (broad SMARTS) is 1. The van der Waals surface area contributed by atoms with E-state index >= 15 is 0 Å². The minimum absolute atomic E-state index is 0.0875. The van der Waals surface area contributed by atoms with Crippen LogP contribution >= 0.6 is 0 Å². The number of nitrogens with zero attached hydrogens (tertiary/aromatic N) is 1. The van der Waals surface area contributed by atoms with Crippen LogP contribution in [0.5, 0.6) is 0 Å². The van der Waals surface area contributed by atoms with E-state index in [1.807, 2.05) is 6.92 Å². The van der Waals surface area contributed by atoms with Crippen LogP contribution in [0.25, 0.3) is 0 Å². The van der Waals surface area contributed by atoms with Gasteiger partial charge in [0.1, 0.15) is 0 Å². The second-order valence-electron chi connectivity index (χ2n) is 3.13. The van der Waals surface area contributed by atoms with Crippen molar-refractivity contribution >= 4 is 16.0 Å². The molecule has 0 aliphatic carbocycles. The number of hydrogen-bond acceptors (Lipinski definition) is 3. The minimum Gasteiger partial charge on any atom is -0.481 e. The highest BCUT2D eigenvalue weighted by atomic mass is 32.2. The Morgan fingerprint density at radius 2 is 2.00 bits per heavy atom. The number of hydrogen-bond donors (Lipinski definition) is 1. The van der Waals surface area contributed by atoms with Crippen LogP contribution in [-0.4, -0.2) is 43.1 Å². The van der Waals surface area contributed by atoms with E-state index in [-0.39, 0.29) is 18.6 Å². The van der Waals surface area contributed by atoms with Gasteiger partial charge in [0.05, 0.1) is 5.75 Å². The maximum atomic E-state index is 11.4. The fraction of sp³-hybridized carbons (Fsp3) is 0.875. The van der Waals surface area contributed by atoms with E-state index in [0.717, 1.165) is 6.42 Å². The molecule has 0 rings (SSSR count). The second-order valence-corrected chi connectivity index (χ2v) is 5.33. The number of rotatable bonds is 7. The molecule has 1 N–H and O–H groups in total. The molecule has 0 aromatic carbocycles. The molecule has 0 aliphatic heterocycles. The van der Waals surface area contributed by atoms with E-state index in [1.165, 1.54) is 11.4 Å². The van der Waals surface area contributed by atoms with Crippen molar-refractivity contribution in [1.29, 1.82) is 0 Å². The Balaban J connectivity index is 4.01. The van der Waals surface area contributed by atoms with E-state index in [9.17, 15) is 13.2 Å². The van der Waals surface area contributed by atoms with Crippen molar-refractivity contribution in [2.45, 2.75) is 26.2 Å². The third kappa shape index (κ3) is 5.18. The zero-order valence-corrected chi connectivity index (χ0v) is 9.38. The molecule has 0 radical (unpaired) electrons. The van der Waals surface area contributed by atoms with Gasteiger partial charge in [-0.05, 0) is 12.8 Å². The summed E-state index contributed by atoms with van der Waals surface area (Å²) in [5.74, 6) is -1.05. The molecule has 0 aromatic heterocycles. The zero-order chi connectivity index (χ0) is 11.2. The summed E-state index contributed by atoms with van der Waals surface area (Å²) in [6.07, 6.45) is 0.833. The summed E-state index contributed by atoms with van der Waals surface area (Å²) in [6.45, 7) is 2.37. The van der Waals surface area contributed by atoms with Gasteiger partial charge in [0.2, 0.25) is 10.0 Å². The van der Waals surface area contributed by atoms with Gasteiger partial charge in [-0.15, -0.1) is 0 Å². The SMILES string of the molecule is CCCN(C)S(=O)(=O)CCCC(=O)O. The fourth-order valence-corrected chi connectivity index (χ4v) is 2.30. The first kappa shape index (κ1) is 13.4. The molecule has 0 aliphatic rings. The highest BCUT2D eigenvalue weighted by Crippen LogP contribution is 2.03. The Morgan fingerprint density at radius 1 is 1.43 bits per heavy atom. The van der Waals surface area contributed by atoms with Gasteiger partial charge >= 0.3 is 5.97 Å². The Kier molecular flexibility index (Phi) is 5.71. The van der Waals surface area contributed by atoms with Crippen LogP contribution in [0.1, 0.15) is 26.2 Å². The highest BCUT2D eigenvalue weighted by molar-refractivity contribution is 7.89. The molecule has 0 saturated carbocycles. The molecule has 84 valence electrons. The largest absolute Gasteiger partial charge is 0.481 e. The second kappa shape index (κ2) is 5.98. The predicted molar refractivity (Wildman–Crippen MR) is 53.6 cm³/mol. The first-order valence-corrected chi connectivity index (χ1v) is 6.17. The molecule has 0 aromatic rings. The lowest BCUT2D eigenvalue weighted by atomic mass is 10.3. The van der Waals surface area contributed by atoms with Gasteiger partial charge in [-0.25, -0.2) is 12.7 Å². The topological polar surface area (TPSA) is 74.7 Å². The number of carboxylic acids is 1. The lowest BCUT2D eigenvalue weighted by Crippen LogP contribution is -2.30. The van der Waals surface area contributed by atoms with Gasteiger partial charge in [-0.3, -0.25) is 4.79 Å². The van der Waals surface area contributed by atoms with Crippen molar-refractivity contribution in [3.8, 4) is 0 Å². The van der Waals surface area contributed by atoms with Crippen LogP contribution in [0.15, 0.2) is 0 Å². The molecule has 6 heteroatoms. The van der Waals surface area contributed by atoms with Crippen LogP contribution < -0.4 is 0 Å². The molecule has 14 heavy (non-hydrogen) atoms. The fourth-order valence-electron chi connectivity index (χ4n) is 1.02. The van der Waals surface area contributed by atoms with Crippen LogP contribution in [0, 0.1) is 0 Å². The van der Waals surface area contributed by atoms with Gasteiger partial charge in [0.15, 0.2) is 0 Å². The summed E-state index contributed by atoms with van der Waals surface area (Å²) in [5.41, 5.74) is 0. The van der Waals surface area contributed by atoms with Crippen molar-refractivity contribution in [3.63, 3.8) is 0 Å². The zero-order valence-electron chi connectivity index (χ0n) is 8.56. The molecule has 0 amide bonds. The molecule has 0 fully saturated rings. The molecule has 0 saturated heterocycles. The Labute approximate surface area is 84.8 Å². The van der Waals surface area contributed by atoms with Crippen LogP contribution in [0.2, 0.25) is 0 Å². The smallest absolute Gasteiger partial charge is 0.303 e. The van der Waals surface area contributed by atoms with Crippen molar-refractivity contribution in [2.24, 2.45) is 0 Å². The summed E-state index contributed by atoms with van der Waals surface area (Å²) in [7, 11) is -1.73. The molecule has 0 spiro atoms. The van der Waals surface area contributed by atoms with E-state index in [2.05, 4.69) is 0 Å². The van der Waals surface area contributed by atoms with Gasteiger partial charge < -0.3 is 5.11 Å². The summed E-state index contributed by atoms with van der Waals surface area (Å²) < 4.78 is 24.1. The maximum Gasteiger partial charge on any atom is 0.303 e. The third-order valence-electron chi connectivity index (χ3n) is 1.81. The average molecular weight is 223 g/mol. The Hall–Kier alpha value is -0.620. The third-order valence-corrected chi connectivity index (χ3v) is 3.74. The van der Waals surface area contributed by atoms with E-state index in [4.69, 9.17) is 5.11 Å². The molecular weight excluding hydrogens is 206 g/mol. The lowest BCUT2D eigenvalue weighted by molar-refractivity contribution is -0.137. The predicted octanol–water partition coefficient (Wildman–Crippen LogP) is 0.523. The Morgan fingerprint density at radius 3 is 2.43 bits per heavy atom. The summed E-state index contributed by atoms with van der Waals surface area (Å²) in [4.78, 5) is 10.2. The normalized spacial score (nSPS) is 11.9. The standard InChI is InChI=1S/C8H17NO4S/c1-3-6-9(2)14(12,13)7-4-5-8(10)11/h3-7H2,1-2H3,(H,10,11). The van der Waals surface area contributed by atoms with Crippen LogP contribution in [0.3, 0.4) is 0 Å². The number of aliphatic carboxylic acids is 1. The highest BCUT2D eigenvalue weighted by Gasteiger charge is 2.16. The molecule has 0 atom stereocenters. The van der Waals surface area contributed by atoms with Crippen molar-refractivity contribution in [1.82, 2.24) is 4.31 Å². The maximum absolute atomic E-state index is 11.4. The number of sulfonamides is 1. The number of carbonyl (C=O) groups is 1. The van der Waals surface area contributed by atoms with Crippen LogP contribution in [0.4, 0.5) is 0 Å². The van der Waals surface area contributed by atoms with Crippen LogP contribution in [-0.2, 0) is 14.8 Å². The van der Waals surface area contributed by atoms with Crippen molar-refractivity contribution in [2.75, 3.05) is 19.3 Å². The average Bonchev–Trinajstić information content (AvgIpc) is 2.03. The van der Waals surface area contributed by atoms with E-state index in [0.29, 0.717) is 6.54 Å². The summed E-state index contributed by atoms with van der Waals surface area (Å²) in [5, 5.41) is 8.34.